The maximum Gasteiger partial charge on any atom is 0.574 e. The summed E-state index contributed by atoms with van der Waals surface area (Å²) in [5, 5.41) is 19.0. The molecule has 1 aromatic carbocycles. The number of nitrogens with zero attached hydrogens (tertiary/aromatic N) is 4. The molecule has 4 aromatic rings. The van der Waals surface area contributed by atoms with Crippen LogP contribution in [0.1, 0.15) is 32.1 Å². The Labute approximate surface area is 186 Å². The highest BCUT2D eigenvalue weighted by molar-refractivity contribution is 5.90. The Kier molecular flexibility index (Phi) is 4.17. The molecule has 33 heavy (non-hydrogen) atoms. The van der Waals surface area contributed by atoms with Crippen LogP contribution in [-0.4, -0.2) is 42.2 Å². The standard InChI is InChI=1S/C23H20F3N5O2/c24-23(25,26)33-19-18-16(14-3-4-17-15(12-14)2-1-10-27-17)5-11-31(18)30-20(28-19)29-21-6-8-22(32,13-21)9-7-21/h1-5,10-12,32H,6-9,13H2,(H,29,30). The molecule has 0 atom stereocenters. The van der Waals surface area contributed by atoms with Gasteiger partial charge in [0.1, 0.15) is 5.52 Å². The molecule has 2 aliphatic rings. The van der Waals surface area contributed by atoms with Gasteiger partial charge in [0.15, 0.2) is 0 Å². The van der Waals surface area contributed by atoms with Crippen LogP contribution in [0.4, 0.5) is 19.1 Å². The van der Waals surface area contributed by atoms with E-state index in [9.17, 15) is 18.3 Å². The first-order chi connectivity index (χ1) is 15.7. The first-order valence-electron chi connectivity index (χ1n) is 10.7. The zero-order valence-corrected chi connectivity index (χ0v) is 17.4. The van der Waals surface area contributed by atoms with Gasteiger partial charge in [-0.25, -0.2) is 4.52 Å². The molecule has 0 unspecified atom stereocenters. The average Bonchev–Trinajstić information content (AvgIpc) is 3.43. The van der Waals surface area contributed by atoms with Gasteiger partial charge in [-0.05, 0) is 61.9 Å². The van der Waals surface area contributed by atoms with Crippen molar-refractivity contribution in [1.82, 2.24) is 19.6 Å². The summed E-state index contributed by atoms with van der Waals surface area (Å²) in [7, 11) is 0. The van der Waals surface area contributed by atoms with Crippen LogP contribution < -0.4 is 10.1 Å². The molecule has 0 amide bonds. The number of anilines is 1. The summed E-state index contributed by atoms with van der Waals surface area (Å²) < 4.78 is 45.6. The van der Waals surface area contributed by atoms with Gasteiger partial charge in [-0.2, -0.15) is 4.98 Å². The summed E-state index contributed by atoms with van der Waals surface area (Å²) in [6, 6.07) is 10.9. The van der Waals surface area contributed by atoms with E-state index in [0.29, 0.717) is 43.2 Å². The lowest BCUT2D eigenvalue weighted by molar-refractivity contribution is -0.275. The van der Waals surface area contributed by atoms with Crippen LogP contribution in [0.25, 0.3) is 27.5 Å². The molecule has 170 valence electrons. The number of halogens is 3. The number of aliphatic hydroxyl groups is 1. The van der Waals surface area contributed by atoms with E-state index in [1.165, 1.54) is 4.52 Å². The van der Waals surface area contributed by atoms with Gasteiger partial charge in [-0.3, -0.25) is 4.98 Å². The van der Waals surface area contributed by atoms with Crippen LogP contribution in [0.2, 0.25) is 0 Å². The van der Waals surface area contributed by atoms with E-state index in [1.807, 2.05) is 18.2 Å². The maximum absolute atomic E-state index is 13.3. The monoisotopic (exact) mass is 455 g/mol. The minimum atomic E-state index is -4.92. The number of aromatic nitrogens is 4. The smallest absolute Gasteiger partial charge is 0.390 e. The number of pyridine rings is 1. The van der Waals surface area contributed by atoms with Gasteiger partial charge < -0.3 is 15.2 Å². The van der Waals surface area contributed by atoms with E-state index in [4.69, 9.17) is 0 Å². The second kappa shape index (κ2) is 6.80. The topological polar surface area (TPSA) is 84.6 Å². The van der Waals surface area contributed by atoms with E-state index < -0.39 is 23.4 Å². The third kappa shape index (κ3) is 3.54. The molecule has 10 heteroatoms. The number of hydrogen-bond donors (Lipinski definition) is 2. The molecule has 3 aromatic heterocycles. The third-order valence-electron chi connectivity index (χ3n) is 6.79. The summed E-state index contributed by atoms with van der Waals surface area (Å²) in [6.07, 6.45) is 1.61. The van der Waals surface area contributed by atoms with Crippen molar-refractivity contribution in [2.75, 3.05) is 5.32 Å². The van der Waals surface area contributed by atoms with E-state index >= 15 is 0 Å². The van der Waals surface area contributed by atoms with Crippen LogP contribution in [-0.2, 0) is 0 Å². The van der Waals surface area contributed by atoms with Crippen molar-refractivity contribution in [1.29, 1.82) is 0 Å². The fourth-order valence-electron chi connectivity index (χ4n) is 5.29. The molecule has 7 nitrogen and oxygen atoms in total. The first-order valence-corrected chi connectivity index (χ1v) is 10.7. The Morgan fingerprint density at radius 2 is 1.91 bits per heavy atom. The second-order valence-corrected chi connectivity index (χ2v) is 9.03. The molecule has 2 aliphatic carbocycles. The Morgan fingerprint density at radius 3 is 2.64 bits per heavy atom. The van der Waals surface area contributed by atoms with Crippen molar-refractivity contribution in [3.63, 3.8) is 0 Å². The zero-order valence-electron chi connectivity index (χ0n) is 17.4. The number of fused-ring (bicyclic) bond motifs is 4. The average molecular weight is 455 g/mol. The Bertz CT molecular complexity index is 1380. The lowest BCUT2D eigenvalue weighted by atomic mass is 9.93. The normalized spacial score (nSPS) is 24.6. The number of ether oxygens (including phenoxy) is 1. The van der Waals surface area contributed by atoms with Crippen molar-refractivity contribution >= 4 is 22.4 Å². The summed E-state index contributed by atoms with van der Waals surface area (Å²) >= 11 is 0. The van der Waals surface area contributed by atoms with Crippen molar-refractivity contribution < 1.29 is 23.0 Å². The zero-order chi connectivity index (χ0) is 22.8. The predicted molar refractivity (Wildman–Crippen MR) is 115 cm³/mol. The van der Waals surface area contributed by atoms with Crippen LogP contribution in [0.3, 0.4) is 0 Å². The van der Waals surface area contributed by atoms with Gasteiger partial charge in [0, 0.05) is 28.9 Å². The molecular formula is C23H20F3N5O2. The van der Waals surface area contributed by atoms with Crippen LogP contribution in [0.5, 0.6) is 5.88 Å². The minimum absolute atomic E-state index is 0.0396. The molecule has 6 rings (SSSR count). The van der Waals surface area contributed by atoms with Crippen molar-refractivity contribution in [2.24, 2.45) is 0 Å². The number of alkyl halides is 3. The van der Waals surface area contributed by atoms with E-state index in [0.717, 1.165) is 10.9 Å². The summed E-state index contributed by atoms with van der Waals surface area (Å²) in [4.78, 5) is 8.41. The van der Waals surface area contributed by atoms with Crippen molar-refractivity contribution in [2.45, 2.75) is 49.6 Å². The molecular weight excluding hydrogens is 435 g/mol. The van der Waals surface area contributed by atoms with Crippen LogP contribution >= 0.6 is 0 Å². The summed E-state index contributed by atoms with van der Waals surface area (Å²) in [5.41, 5.74) is 0.984. The lowest BCUT2D eigenvalue weighted by Crippen LogP contribution is -2.34. The highest BCUT2D eigenvalue weighted by Gasteiger charge is 2.54. The molecule has 2 saturated carbocycles. The third-order valence-corrected chi connectivity index (χ3v) is 6.79. The molecule has 3 heterocycles. The van der Waals surface area contributed by atoms with E-state index in [2.05, 4.69) is 25.1 Å². The fraction of sp³-hybridized carbons (Fsp3) is 0.348. The molecule has 0 aliphatic heterocycles. The fourth-order valence-corrected chi connectivity index (χ4v) is 5.29. The highest BCUT2D eigenvalue weighted by atomic mass is 19.4. The van der Waals surface area contributed by atoms with Crippen molar-refractivity contribution in [3.8, 4) is 17.0 Å². The maximum atomic E-state index is 13.3. The molecule has 0 spiro atoms. The predicted octanol–water partition coefficient (Wildman–Crippen LogP) is 4.70. The van der Waals surface area contributed by atoms with Crippen LogP contribution in [0.15, 0.2) is 48.8 Å². The first kappa shape index (κ1) is 20.2. The minimum Gasteiger partial charge on any atom is -0.390 e. The van der Waals surface area contributed by atoms with Crippen molar-refractivity contribution in [3.05, 3.63) is 48.8 Å². The number of nitrogens with one attached hydrogen (secondary N) is 1. The van der Waals surface area contributed by atoms with Gasteiger partial charge in [0.05, 0.1) is 11.1 Å². The Morgan fingerprint density at radius 1 is 1.09 bits per heavy atom. The van der Waals surface area contributed by atoms with Crippen LogP contribution in [0, 0.1) is 0 Å². The number of rotatable bonds is 4. The van der Waals surface area contributed by atoms with Gasteiger partial charge >= 0.3 is 6.36 Å². The molecule has 2 N–H and O–H groups in total. The van der Waals surface area contributed by atoms with Gasteiger partial charge in [0.2, 0.25) is 5.95 Å². The Balaban J connectivity index is 1.45. The second-order valence-electron chi connectivity index (χ2n) is 9.03. The molecule has 0 saturated heterocycles. The quantitative estimate of drug-likeness (QED) is 0.464. The van der Waals surface area contributed by atoms with Gasteiger partial charge in [-0.15, -0.1) is 18.3 Å². The molecule has 2 fully saturated rings. The summed E-state index contributed by atoms with van der Waals surface area (Å²) in [5.74, 6) is -0.535. The SMILES string of the molecule is OC12CCC(Nc3nc(OC(F)(F)F)c4c(-c5ccc6ncccc6c5)ccn4n3)(CC1)C2. The number of hydrogen-bond acceptors (Lipinski definition) is 6. The largest absolute Gasteiger partial charge is 0.574 e. The summed E-state index contributed by atoms with van der Waals surface area (Å²) in [6.45, 7) is 0. The van der Waals surface area contributed by atoms with Gasteiger partial charge in [0.25, 0.3) is 5.88 Å². The molecule has 0 radical (unpaired) electrons. The van der Waals surface area contributed by atoms with Gasteiger partial charge in [-0.1, -0.05) is 12.1 Å². The number of benzene rings is 1. The lowest BCUT2D eigenvalue weighted by Gasteiger charge is -2.27. The van der Waals surface area contributed by atoms with E-state index in [1.54, 1.807) is 30.6 Å². The van der Waals surface area contributed by atoms with E-state index in [-0.39, 0.29) is 11.5 Å². The molecule has 2 bridgehead atoms. The highest BCUT2D eigenvalue weighted by Crippen LogP contribution is 2.51. The Hall–Kier alpha value is -3.40.